The molecule has 15 nitrogen and oxygen atoms in total. The van der Waals surface area contributed by atoms with Gasteiger partial charge in [0.25, 0.3) is 0 Å². The Morgan fingerprint density at radius 2 is 1.46 bits per heavy atom. The molecule has 2 aromatic carbocycles. The number of methoxy groups -OCH3 is 3. The van der Waals surface area contributed by atoms with Crippen LogP contribution in [0.2, 0.25) is 10.0 Å². The number of imide groups is 1. The number of halogens is 3. The Balaban J connectivity index is 2.34. The van der Waals surface area contributed by atoms with E-state index in [9.17, 15) is 14.4 Å². The summed E-state index contributed by atoms with van der Waals surface area (Å²) in [7, 11) is 4.26. The number of nitrogens with zero attached hydrogens (tertiary/aromatic N) is 4. The van der Waals surface area contributed by atoms with Crippen LogP contribution in [0.15, 0.2) is 49.3 Å². The van der Waals surface area contributed by atoms with E-state index in [1.54, 1.807) is 65.5 Å². The zero-order valence-corrected chi connectivity index (χ0v) is 37.0. The number of amides is 4. The van der Waals surface area contributed by atoms with Crippen molar-refractivity contribution >= 4 is 68.1 Å². The first-order chi connectivity index (χ1) is 26.2. The summed E-state index contributed by atoms with van der Waals surface area (Å²) < 4.78 is 33.1. The van der Waals surface area contributed by atoms with E-state index < -0.39 is 51.6 Å². The van der Waals surface area contributed by atoms with Crippen molar-refractivity contribution in [3.63, 3.8) is 0 Å². The third kappa shape index (κ3) is 11.1. The molecule has 0 fully saturated rings. The molecule has 308 valence electrons. The Kier molecular flexibility index (Phi) is 15.7. The van der Waals surface area contributed by atoms with E-state index in [0.29, 0.717) is 12.4 Å². The number of ether oxygens (including phenoxy) is 6. The van der Waals surface area contributed by atoms with Crippen LogP contribution in [0.4, 0.5) is 37.3 Å². The van der Waals surface area contributed by atoms with Gasteiger partial charge in [-0.15, -0.1) is 0 Å². The SMILES string of the molecule is C=CC(=O)Nc1cc(OCCOC)ccc1N(C(=O)OC(C)(C)C)c1cc([I-](C)(CC)C(=O)N(C(=O)OC(C)(C)C)c2c(Cl)c(OC)cc(OC)c2Cl)ncn1. The maximum absolute atomic E-state index is 15.1. The number of alkyl halides is 2. The zero-order chi connectivity index (χ0) is 42.2. The van der Waals surface area contributed by atoms with Crippen LogP contribution in [-0.4, -0.2) is 87.1 Å². The van der Waals surface area contributed by atoms with E-state index in [0.717, 1.165) is 15.9 Å². The molecule has 0 radical (unpaired) electrons. The van der Waals surface area contributed by atoms with Crippen LogP contribution < -0.4 is 47.8 Å². The number of benzene rings is 2. The van der Waals surface area contributed by atoms with E-state index in [4.69, 9.17) is 51.6 Å². The van der Waals surface area contributed by atoms with Crippen LogP contribution in [-0.2, 0) is 19.0 Å². The molecular formula is C38H49Cl2IN5O10-. The van der Waals surface area contributed by atoms with Gasteiger partial charge < -0.3 is 0 Å². The number of anilines is 4. The number of aromatic nitrogens is 2. The van der Waals surface area contributed by atoms with E-state index >= 15 is 4.79 Å². The Morgan fingerprint density at radius 1 is 0.875 bits per heavy atom. The fourth-order valence-electron chi connectivity index (χ4n) is 4.77. The standard InChI is InChI=1S/C38H49Cl2IN5O10/c1-13-30(47)44-24-19-23(54-18-17-51-10)15-16-25(24)45(35(49)55-37(3,4)5)29-21-28(42-22-43-29)41(9,14-2)34(48)46(36(50)56-38(6,7)8)33-31(39)26(52-11)20-27(53-12)32(33)40/h13,15-16,19-22H,1,14,17-18H2,2-12H3,(H,44,47)/q-1. The second-order valence-electron chi connectivity index (χ2n) is 13.8. The summed E-state index contributed by atoms with van der Waals surface area (Å²) in [5, 5.41) is 2.44. The first-order valence-corrected chi connectivity index (χ1v) is 23.6. The normalized spacial score (nSPS) is 13.0. The fourth-order valence-corrected chi connectivity index (χ4v) is 10.6. The topological polar surface area (TPSA) is 168 Å². The van der Waals surface area contributed by atoms with Crippen molar-refractivity contribution in [2.24, 2.45) is 0 Å². The van der Waals surface area contributed by atoms with E-state index in [-0.39, 0.29) is 59.2 Å². The first-order valence-electron chi connectivity index (χ1n) is 17.1. The third-order valence-electron chi connectivity index (χ3n) is 7.48. The van der Waals surface area contributed by atoms with E-state index in [1.807, 2.05) is 0 Å². The molecule has 0 aliphatic carbocycles. The van der Waals surface area contributed by atoms with Gasteiger partial charge in [0.2, 0.25) is 0 Å². The van der Waals surface area contributed by atoms with Gasteiger partial charge in [0.15, 0.2) is 0 Å². The van der Waals surface area contributed by atoms with E-state index in [2.05, 4.69) is 21.9 Å². The van der Waals surface area contributed by atoms with Crippen LogP contribution in [0.25, 0.3) is 0 Å². The Hall–Kier alpha value is -4.39. The maximum atomic E-state index is 15.1. The Labute approximate surface area is 341 Å². The van der Waals surface area contributed by atoms with Gasteiger partial charge in [-0.2, -0.15) is 0 Å². The van der Waals surface area contributed by atoms with Gasteiger partial charge in [0.05, 0.1) is 0 Å². The van der Waals surface area contributed by atoms with Crippen molar-refractivity contribution < 1.29 is 66.0 Å². The van der Waals surface area contributed by atoms with Crippen molar-refractivity contribution in [2.45, 2.75) is 59.7 Å². The predicted molar refractivity (Wildman–Crippen MR) is 212 cm³/mol. The summed E-state index contributed by atoms with van der Waals surface area (Å²) in [6.07, 6.45) is 0.354. The minimum atomic E-state index is -4.28. The van der Waals surface area contributed by atoms with Crippen molar-refractivity contribution in [1.29, 1.82) is 0 Å². The summed E-state index contributed by atoms with van der Waals surface area (Å²) in [5.41, 5.74) is -1.91. The van der Waals surface area contributed by atoms with Gasteiger partial charge in [0, 0.05) is 7.11 Å². The van der Waals surface area contributed by atoms with E-state index in [1.165, 1.54) is 45.9 Å². The second-order valence-corrected chi connectivity index (χ2v) is 23.9. The second kappa shape index (κ2) is 19.2. The molecule has 0 aliphatic heterocycles. The number of rotatable bonds is 14. The summed E-state index contributed by atoms with van der Waals surface area (Å²) in [6.45, 7) is 15.9. The molecule has 3 rings (SSSR count). The van der Waals surface area contributed by atoms with Gasteiger partial charge in [0.1, 0.15) is 0 Å². The molecule has 4 amide bonds. The molecule has 0 bridgehead atoms. The molecule has 1 unspecified atom stereocenters. The summed E-state index contributed by atoms with van der Waals surface area (Å²) >= 11 is 9.29. The molecular weight excluding hydrogens is 884 g/mol. The molecule has 1 aromatic heterocycles. The monoisotopic (exact) mass is 932 g/mol. The van der Waals surface area contributed by atoms with Crippen molar-refractivity contribution in [3.05, 3.63) is 63.1 Å². The predicted octanol–water partition coefficient (Wildman–Crippen LogP) is 5.56. The summed E-state index contributed by atoms with van der Waals surface area (Å²) in [4.78, 5) is 68.6. The number of nitrogens with one attached hydrogen (secondary N) is 1. The van der Waals surface area contributed by atoms with Crippen LogP contribution in [0.5, 0.6) is 17.2 Å². The zero-order valence-electron chi connectivity index (χ0n) is 33.4. The van der Waals surface area contributed by atoms with Crippen LogP contribution >= 0.6 is 23.2 Å². The molecule has 0 saturated heterocycles. The molecule has 1 atom stereocenters. The first kappa shape index (κ1) is 46.0. The quantitative estimate of drug-likeness (QED) is 0.0407. The van der Waals surface area contributed by atoms with Crippen molar-refractivity contribution in [2.75, 3.05) is 59.0 Å². The summed E-state index contributed by atoms with van der Waals surface area (Å²) in [5.74, 6) is -0.0439. The molecule has 1 heterocycles. The molecule has 1 N–H and O–H groups in total. The van der Waals surface area contributed by atoms with Crippen molar-refractivity contribution in [1.82, 2.24) is 9.97 Å². The van der Waals surface area contributed by atoms with Crippen LogP contribution in [0.1, 0.15) is 48.5 Å². The minimum absolute atomic E-state index is 0.00888. The fraction of sp³-hybridized carbons (Fsp3) is 0.421. The number of carbonyl (C=O) groups is 4. The average molecular weight is 934 g/mol. The Bertz CT molecular complexity index is 1920. The van der Waals surface area contributed by atoms with Gasteiger partial charge >= 0.3 is 336 Å². The average Bonchev–Trinajstić information content (AvgIpc) is 3.12. The van der Waals surface area contributed by atoms with Gasteiger partial charge in [-0.1, -0.05) is 0 Å². The summed E-state index contributed by atoms with van der Waals surface area (Å²) in [6, 6.07) is 7.57. The number of hydrogen-bond donors (Lipinski definition) is 1. The van der Waals surface area contributed by atoms with Crippen molar-refractivity contribution in [3.8, 4) is 17.2 Å². The van der Waals surface area contributed by atoms with Crippen LogP contribution in [0.3, 0.4) is 0 Å². The van der Waals surface area contributed by atoms with Gasteiger partial charge in [-0.3, -0.25) is 0 Å². The molecule has 0 spiro atoms. The third-order valence-corrected chi connectivity index (χ3v) is 16.8. The molecule has 0 aliphatic rings. The molecule has 3 aromatic rings. The molecule has 0 saturated carbocycles. The van der Waals surface area contributed by atoms with Crippen LogP contribution in [0, 0.1) is 3.70 Å². The molecule has 56 heavy (non-hydrogen) atoms. The number of hydrogen-bond acceptors (Lipinski definition) is 12. The molecule has 18 heteroatoms. The van der Waals surface area contributed by atoms with Gasteiger partial charge in [-0.05, 0) is 0 Å². The Morgan fingerprint density at radius 3 is 1.98 bits per heavy atom. The number of carbonyl (C=O) groups excluding carboxylic acids is 4. The van der Waals surface area contributed by atoms with Gasteiger partial charge in [-0.25, -0.2) is 0 Å².